The van der Waals surface area contributed by atoms with Gasteiger partial charge in [-0.3, -0.25) is 0 Å². The van der Waals surface area contributed by atoms with Gasteiger partial charge in [-0.1, -0.05) is 96.1 Å². The van der Waals surface area contributed by atoms with E-state index in [0.29, 0.717) is 18.3 Å². The maximum Gasteiger partial charge on any atom is 0.343 e. The Morgan fingerprint density at radius 2 is 1.46 bits per heavy atom. The fourth-order valence-electron chi connectivity index (χ4n) is 4.93. The molecule has 35 heavy (non-hydrogen) atoms. The van der Waals surface area contributed by atoms with E-state index >= 15 is 0 Å². The summed E-state index contributed by atoms with van der Waals surface area (Å²) in [5, 5.41) is 0. The highest BCUT2D eigenvalue weighted by molar-refractivity contribution is 5.91. The fourth-order valence-corrected chi connectivity index (χ4v) is 4.93. The van der Waals surface area contributed by atoms with Crippen LogP contribution >= 0.6 is 0 Å². The van der Waals surface area contributed by atoms with Gasteiger partial charge >= 0.3 is 5.97 Å². The predicted octanol–water partition coefficient (Wildman–Crippen LogP) is 9.39. The van der Waals surface area contributed by atoms with Gasteiger partial charge in [0.15, 0.2) is 11.6 Å². The molecule has 3 nitrogen and oxygen atoms in total. The molecule has 0 heterocycles. The molecule has 0 unspecified atom stereocenters. The third kappa shape index (κ3) is 9.66. The van der Waals surface area contributed by atoms with Crippen molar-refractivity contribution in [2.24, 2.45) is 0 Å². The van der Waals surface area contributed by atoms with Crippen molar-refractivity contribution >= 4 is 5.97 Å². The highest BCUT2D eigenvalue weighted by atomic mass is 19.1. The first kappa shape index (κ1) is 27.2. The van der Waals surface area contributed by atoms with Gasteiger partial charge in [0.25, 0.3) is 0 Å². The van der Waals surface area contributed by atoms with Crippen LogP contribution in [0.1, 0.15) is 125 Å². The average molecular weight is 483 g/mol. The second kappa shape index (κ2) is 15.6. The van der Waals surface area contributed by atoms with E-state index < -0.39 is 11.8 Å². The van der Waals surface area contributed by atoms with Gasteiger partial charge in [0.2, 0.25) is 0 Å². The average Bonchev–Trinajstić information content (AvgIpc) is 2.89. The Morgan fingerprint density at radius 1 is 0.829 bits per heavy atom. The predicted molar refractivity (Wildman–Crippen MR) is 141 cm³/mol. The van der Waals surface area contributed by atoms with Crippen molar-refractivity contribution in [3.05, 3.63) is 59.4 Å². The monoisotopic (exact) mass is 482 g/mol. The fraction of sp³-hybridized carbons (Fsp3) is 0.581. The smallest absolute Gasteiger partial charge is 0.343 e. The third-order valence-electron chi connectivity index (χ3n) is 7.09. The minimum absolute atomic E-state index is 0.185. The molecule has 192 valence electrons. The van der Waals surface area contributed by atoms with E-state index in [4.69, 9.17) is 9.47 Å². The molecule has 2 aromatic carbocycles. The van der Waals surface area contributed by atoms with E-state index in [1.54, 1.807) is 6.07 Å². The Labute approximate surface area is 211 Å². The van der Waals surface area contributed by atoms with Crippen molar-refractivity contribution in [3.8, 4) is 11.5 Å². The van der Waals surface area contributed by atoms with E-state index in [1.165, 1.54) is 101 Å². The number of carbonyl (C=O) groups excluding carboxylic acids is 1. The highest BCUT2D eigenvalue weighted by Gasteiger charge is 2.16. The Kier molecular flexibility index (Phi) is 12.1. The van der Waals surface area contributed by atoms with Crippen molar-refractivity contribution in [2.45, 2.75) is 109 Å². The number of unbranched alkanes of at least 4 members (excludes halogenated alkanes) is 9. The molecule has 1 aliphatic carbocycles. The summed E-state index contributed by atoms with van der Waals surface area (Å²) in [5.74, 6) is 0.191. The molecule has 0 radical (unpaired) electrons. The Morgan fingerprint density at radius 3 is 2.09 bits per heavy atom. The summed E-state index contributed by atoms with van der Waals surface area (Å²) in [7, 11) is 0. The van der Waals surface area contributed by atoms with E-state index in [2.05, 4.69) is 6.92 Å². The molecule has 1 saturated carbocycles. The molecule has 2 aromatic rings. The van der Waals surface area contributed by atoms with Crippen LogP contribution in [0.4, 0.5) is 4.39 Å². The summed E-state index contributed by atoms with van der Waals surface area (Å²) in [6, 6.07) is 12.1. The van der Waals surface area contributed by atoms with Gasteiger partial charge in [-0.2, -0.15) is 0 Å². The van der Waals surface area contributed by atoms with Gasteiger partial charge in [-0.05, 0) is 61.1 Å². The van der Waals surface area contributed by atoms with Crippen molar-refractivity contribution < 1.29 is 18.7 Å². The van der Waals surface area contributed by atoms with Crippen LogP contribution in [0, 0.1) is 5.82 Å². The number of hydrogen-bond donors (Lipinski definition) is 0. The molecule has 0 amide bonds. The van der Waals surface area contributed by atoms with Gasteiger partial charge in [0, 0.05) is 0 Å². The zero-order valence-corrected chi connectivity index (χ0v) is 21.5. The molecular formula is C31H43FO3. The number of benzene rings is 2. The standard InChI is InChI=1S/C31H43FO3/c1-2-3-4-5-6-7-8-9-10-14-23-34-30-22-19-27(24-29(30)32)31(33)35-28-20-17-26(18-21-28)25-15-12-11-13-16-25/h17-22,24-25H,2-16,23H2,1H3. The molecular weight excluding hydrogens is 439 g/mol. The summed E-state index contributed by atoms with van der Waals surface area (Å²) in [6.07, 6.45) is 18.8. The SMILES string of the molecule is CCCCCCCCCCCCOc1ccc(C(=O)Oc2ccc(C3CCCCC3)cc2)cc1F. The number of halogens is 1. The molecule has 0 bridgehead atoms. The molecule has 1 aliphatic rings. The number of esters is 1. The van der Waals surface area contributed by atoms with Gasteiger partial charge in [-0.25, -0.2) is 9.18 Å². The van der Waals surface area contributed by atoms with Crippen molar-refractivity contribution in [1.82, 2.24) is 0 Å². The molecule has 0 aromatic heterocycles. The second-order valence-corrected chi connectivity index (χ2v) is 9.97. The number of rotatable bonds is 15. The Hall–Kier alpha value is -2.36. The lowest BCUT2D eigenvalue weighted by Crippen LogP contribution is -2.10. The van der Waals surface area contributed by atoms with E-state index in [0.717, 1.165) is 12.8 Å². The van der Waals surface area contributed by atoms with Crippen LogP contribution < -0.4 is 9.47 Å². The molecule has 0 atom stereocenters. The lowest BCUT2D eigenvalue weighted by Gasteiger charge is -2.22. The van der Waals surface area contributed by atoms with Crippen LogP contribution in [0.15, 0.2) is 42.5 Å². The number of ether oxygens (including phenoxy) is 2. The highest BCUT2D eigenvalue weighted by Crippen LogP contribution is 2.33. The summed E-state index contributed by atoms with van der Waals surface area (Å²) in [6.45, 7) is 2.73. The molecule has 1 fully saturated rings. The quantitative estimate of drug-likeness (QED) is 0.144. The van der Waals surface area contributed by atoms with Gasteiger partial charge in [-0.15, -0.1) is 0 Å². The van der Waals surface area contributed by atoms with Crippen molar-refractivity contribution in [2.75, 3.05) is 6.61 Å². The third-order valence-corrected chi connectivity index (χ3v) is 7.09. The van der Waals surface area contributed by atoms with Gasteiger partial charge in [0.1, 0.15) is 5.75 Å². The Balaban J connectivity index is 1.35. The maximum absolute atomic E-state index is 14.5. The maximum atomic E-state index is 14.5. The molecule has 0 N–H and O–H groups in total. The van der Waals surface area contributed by atoms with Crippen LogP contribution in [0.3, 0.4) is 0 Å². The largest absolute Gasteiger partial charge is 0.491 e. The van der Waals surface area contributed by atoms with Crippen LogP contribution in [0.5, 0.6) is 11.5 Å². The summed E-state index contributed by atoms with van der Waals surface area (Å²) in [5.41, 5.74) is 1.49. The lowest BCUT2D eigenvalue weighted by atomic mass is 9.84. The Bertz CT molecular complexity index is 871. The number of hydrogen-bond acceptors (Lipinski definition) is 3. The van der Waals surface area contributed by atoms with Crippen molar-refractivity contribution in [3.63, 3.8) is 0 Å². The summed E-state index contributed by atoms with van der Waals surface area (Å²) >= 11 is 0. The topological polar surface area (TPSA) is 35.5 Å². The molecule has 4 heteroatoms. The minimum Gasteiger partial charge on any atom is -0.491 e. The zero-order valence-electron chi connectivity index (χ0n) is 21.5. The van der Waals surface area contributed by atoms with E-state index in [9.17, 15) is 9.18 Å². The van der Waals surface area contributed by atoms with Crippen LogP contribution in [0.2, 0.25) is 0 Å². The number of carbonyl (C=O) groups is 1. The normalized spacial score (nSPS) is 14.1. The van der Waals surface area contributed by atoms with Gasteiger partial charge in [0.05, 0.1) is 12.2 Å². The van der Waals surface area contributed by atoms with Crippen molar-refractivity contribution in [1.29, 1.82) is 0 Å². The van der Waals surface area contributed by atoms with Crippen LogP contribution in [-0.2, 0) is 0 Å². The molecule has 0 saturated heterocycles. The molecule has 0 aliphatic heterocycles. The van der Waals surface area contributed by atoms with Crippen LogP contribution in [0.25, 0.3) is 0 Å². The molecule has 0 spiro atoms. The van der Waals surface area contributed by atoms with E-state index in [1.807, 2.05) is 24.3 Å². The molecule has 3 rings (SSSR count). The lowest BCUT2D eigenvalue weighted by molar-refractivity contribution is 0.0734. The summed E-state index contributed by atoms with van der Waals surface area (Å²) in [4.78, 5) is 12.5. The van der Waals surface area contributed by atoms with E-state index in [-0.39, 0.29) is 11.3 Å². The minimum atomic E-state index is -0.560. The first-order chi connectivity index (χ1) is 17.2. The van der Waals surface area contributed by atoms with Gasteiger partial charge < -0.3 is 9.47 Å². The first-order valence-electron chi connectivity index (χ1n) is 13.9. The van der Waals surface area contributed by atoms with Crippen LogP contribution in [-0.4, -0.2) is 12.6 Å². The second-order valence-electron chi connectivity index (χ2n) is 9.97. The zero-order chi connectivity index (χ0) is 24.7. The first-order valence-corrected chi connectivity index (χ1v) is 13.9. The summed E-state index contributed by atoms with van der Waals surface area (Å²) < 4.78 is 25.5.